The van der Waals surface area contributed by atoms with Gasteiger partial charge >= 0.3 is 0 Å². The maximum atomic E-state index is 9.17. The fraction of sp³-hybridized carbons (Fsp3) is 0.379. The van der Waals surface area contributed by atoms with E-state index in [9.17, 15) is 5.11 Å². The quantitative estimate of drug-likeness (QED) is 0.370. The SMILES string of the molecule is OCCCn1ccc2cc(-c3ncccc3N3CCCC(CCc4ccncc4)CC3)ccc21. The Labute approximate surface area is 202 Å². The maximum Gasteiger partial charge on any atom is 0.0935 e. The topological polar surface area (TPSA) is 54.2 Å². The molecule has 4 aromatic rings. The molecule has 1 unspecified atom stereocenters. The van der Waals surface area contributed by atoms with E-state index in [-0.39, 0.29) is 6.61 Å². The number of rotatable bonds is 8. The zero-order chi connectivity index (χ0) is 23.2. The van der Waals surface area contributed by atoms with E-state index in [1.807, 2.05) is 18.6 Å². The molecule has 1 aliphatic rings. The second-order valence-electron chi connectivity index (χ2n) is 9.41. The Morgan fingerprint density at radius 3 is 2.76 bits per heavy atom. The van der Waals surface area contributed by atoms with Crippen LogP contribution in [-0.2, 0) is 13.0 Å². The zero-order valence-corrected chi connectivity index (χ0v) is 19.8. The number of anilines is 1. The van der Waals surface area contributed by atoms with Gasteiger partial charge in [0.1, 0.15) is 0 Å². The number of benzene rings is 1. The second kappa shape index (κ2) is 10.8. The van der Waals surface area contributed by atoms with Crippen molar-refractivity contribution >= 4 is 16.6 Å². The Morgan fingerprint density at radius 2 is 1.88 bits per heavy atom. The Hall–Kier alpha value is -3.18. The zero-order valence-electron chi connectivity index (χ0n) is 19.8. The molecular formula is C29H34N4O. The summed E-state index contributed by atoms with van der Waals surface area (Å²) in [6.45, 7) is 3.23. The van der Waals surface area contributed by atoms with Gasteiger partial charge in [-0.1, -0.05) is 6.07 Å². The van der Waals surface area contributed by atoms with E-state index < -0.39 is 0 Å². The maximum absolute atomic E-state index is 9.17. The number of aliphatic hydroxyl groups excluding tert-OH is 1. The van der Waals surface area contributed by atoms with Gasteiger partial charge in [-0.15, -0.1) is 0 Å². The summed E-state index contributed by atoms with van der Waals surface area (Å²) in [5, 5.41) is 10.4. The van der Waals surface area contributed by atoms with Gasteiger partial charge in [0, 0.05) is 67.5 Å². The summed E-state index contributed by atoms with van der Waals surface area (Å²) in [7, 11) is 0. The molecule has 5 heteroatoms. The Balaban J connectivity index is 1.31. The molecule has 4 heterocycles. The van der Waals surface area contributed by atoms with Gasteiger partial charge in [0.2, 0.25) is 0 Å². The van der Waals surface area contributed by atoms with Gasteiger partial charge < -0.3 is 14.6 Å². The number of aryl methyl sites for hydroxylation is 2. The van der Waals surface area contributed by atoms with Crippen LogP contribution < -0.4 is 4.90 Å². The van der Waals surface area contributed by atoms with Crippen molar-refractivity contribution in [2.24, 2.45) is 5.92 Å². The van der Waals surface area contributed by atoms with Gasteiger partial charge in [0.25, 0.3) is 0 Å². The predicted octanol–water partition coefficient (Wildman–Crippen LogP) is 5.72. The number of hydrogen-bond acceptors (Lipinski definition) is 4. The minimum Gasteiger partial charge on any atom is -0.396 e. The van der Waals surface area contributed by atoms with Gasteiger partial charge in [0.05, 0.1) is 11.4 Å². The number of aromatic nitrogens is 3. The van der Waals surface area contributed by atoms with E-state index >= 15 is 0 Å². The van der Waals surface area contributed by atoms with Crippen LogP contribution in [0.1, 0.15) is 37.7 Å². The smallest absolute Gasteiger partial charge is 0.0935 e. The first-order valence-corrected chi connectivity index (χ1v) is 12.6. The van der Waals surface area contributed by atoms with Crippen molar-refractivity contribution in [1.29, 1.82) is 0 Å². The van der Waals surface area contributed by atoms with E-state index in [4.69, 9.17) is 4.98 Å². The molecule has 0 bridgehead atoms. The largest absolute Gasteiger partial charge is 0.396 e. The first-order valence-electron chi connectivity index (χ1n) is 12.6. The van der Waals surface area contributed by atoms with Crippen LogP contribution >= 0.6 is 0 Å². The van der Waals surface area contributed by atoms with Crippen LogP contribution in [0.3, 0.4) is 0 Å². The summed E-state index contributed by atoms with van der Waals surface area (Å²) in [5.41, 5.74) is 6.09. The molecule has 1 saturated heterocycles. The van der Waals surface area contributed by atoms with Gasteiger partial charge in [-0.05, 0) is 92.5 Å². The number of fused-ring (bicyclic) bond motifs is 1. The van der Waals surface area contributed by atoms with E-state index in [0.29, 0.717) is 0 Å². The number of hydrogen-bond donors (Lipinski definition) is 1. The van der Waals surface area contributed by atoms with E-state index in [0.717, 1.165) is 44.1 Å². The number of nitrogens with zero attached hydrogens (tertiary/aromatic N) is 4. The minimum atomic E-state index is 0.218. The van der Waals surface area contributed by atoms with Crippen LogP contribution in [0, 0.1) is 5.92 Å². The molecule has 0 saturated carbocycles. The summed E-state index contributed by atoms with van der Waals surface area (Å²) in [6, 6.07) is 17.4. The summed E-state index contributed by atoms with van der Waals surface area (Å²) in [6.07, 6.45) is 14.7. The third-order valence-corrected chi connectivity index (χ3v) is 7.17. The molecular weight excluding hydrogens is 420 g/mol. The molecule has 34 heavy (non-hydrogen) atoms. The van der Waals surface area contributed by atoms with Gasteiger partial charge in [-0.25, -0.2) is 0 Å². The molecule has 0 aliphatic carbocycles. The van der Waals surface area contributed by atoms with Crippen molar-refractivity contribution < 1.29 is 5.11 Å². The molecule has 0 amide bonds. The Morgan fingerprint density at radius 1 is 0.971 bits per heavy atom. The highest BCUT2D eigenvalue weighted by atomic mass is 16.3. The van der Waals surface area contributed by atoms with Crippen LogP contribution in [-0.4, -0.2) is 39.3 Å². The highest BCUT2D eigenvalue weighted by Gasteiger charge is 2.20. The molecule has 5 rings (SSSR count). The minimum absolute atomic E-state index is 0.218. The molecule has 0 spiro atoms. The van der Waals surface area contributed by atoms with Crippen molar-refractivity contribution in [3.8, 4) is 11.3 Å². The fourth-order valence-corrected chi connectivity index (χ4v) is 5.27. The van der Waals surface area contributed by atoms with Crippen molar-refractivity contribution in [2.75, 3.05) is 24.6 Å². The van der Waals surface area contributed by atoms with E-state index in [1.54, 1.807) is 0 Å². The molecule has 3 aromatic heterocycles. The molecule has 176 valence electrons. The summed E-state index contributed by atoms with van der Waals surface area (Å²) < 4.78 is 2.22. The predicted molar refractivity (Wildman–Crippen MR) is 139 cm³/mol. The fourth-order valence-electron chi connectivity index (χ4n) is 5.27. The highest BCUT2D eigenvalue weighted by molar-refractivity contribution is 5.87. The van der Waals surface area contributed by atoms with Crippen molar-refractivity contribution in [1.82, 2.24) is 14.5 Å². The van der Waals surface area contributed by atoms with Crippen LogP contribution in [0.5, 0.6) is 0 Å². The van der Waals surface area contributed by atoms with E-state index in [2.05, 4.69) is 69.2 Å². The lowest BCUT2D eigenvalue weighted by atomic mass is 9.93. The normalized spacial score (nSPS) is 16.6. The molecule has 1 aliphatic heterocycles. The summed E-state index contributed by atoms with van der Waals surface area (Å²) in [4.78, 5) is 11.5. The van der Waals surface area contributed by atoms with Gasteiger partial charge in [-0.3, -0.25) is 9.97 Å². The molecule has 0 radical (unpaired) electrons. The standard InChI is InChI=1S/C29H34N4O/c34-21-3-18-32-20-13-25-22-26(8-9-27(25)32)29-28(5-1-14-31-29)33-17-2-4-23(12-19-33)6-7-24-10-15-30-16-11-24/h1,5,8-11,13-16,20,22-23,34H,2-4,6-7,12,17-19,21H2. The van der Waals surface area contributed by atoms with Gasteiger partial charge in [-0.2, -0.15) is 0 Å². The lowest BCUT2D eigenvalue weighted by Crippen LogP contribution is -2.25. The van der Waals surface area contributed by atoms with Crippen molar-refractivity contribution in [3.63, 3.8) is 0 Å². The van der Waals surface area contributed by atoms with Crippen LogP contribution in [0.15, 0.2) is 73.3 Å². The second-order valence-corrected chi connectivity index (χ2v) is 9.41. The van der Waals surface area contributed by atoms with E-state index in [1.165, 1.54) is 53.4 Å². The monoisotopic (exact) mass is 454 g/mol. The first-order chi connectivity index (χ1) is 16.8. The Bertz CT molecular complexity index is 1200. The summed E-state index contributed by atoms with van der Waals surface area (Å²) in [5.74, 6) is 0.772. The lowest BCUT2D eigenvalue weighted by molar-refractivity contribution is 0.280. The average Bonchev–Trinajstić information content (AvgIpc) is 3.14. The van der Waals surface area contributed by atoms with Crippen LogP contribution in [0.2, 0.25) is 0 Å². The van der Waals surface area contributed by atoms with Crippen LogP contribution in [0.4, 0.5) is 5.69 Å². The van der Waals surface area contributed by atoms with Crippen molar-refractivity contribution in [3.05, 3.63) is 78.9 Å². The highest BCUT2D eigenvalue weighted by Crippen LogP contribution is 2.33. The third-order valence-electron chi connectivity index (χ3n) is 7.17. The molecule has 1 atom stereocenters. The first kappa shape index (κ1) is 22.6. The molecule has 1 fully saturated rings. The van der Waals surface area contributed by atoms with Crippen LogP contribution in [0.25, 0.3) is 22.2 Å². The molecule has 1 aromatic carbocycles. The summed E-state index contributed by atoms with van der Waals surface area (Å²) >= 11 is 0. The number of aliphatic hydroxyl groups is 1. The Kier molecular flexibility index (Phi) is 7.20. The lowest BCUT2D eigenvalue weighted by Gasteiger charge is -2.25. The molecule has 1 N–H and O–H groups in total. The van der Waals surface area contributed by atoms with Crippen molar-refractivity contribution in [2.45, 2.75) is 45.1 Å². The third kappa shape index (κ3) is 5.15. The molecule has 5 nitrogen and oxygen atoms in total. The number of pyridine rings is 2. The average molecular weight is 455 g/mol. The van der Waals surface area contributed by atoms with Gasteiger partial charge in [0.15, 0.2) is 0 Å².